The Kier molecular flexibility index (Phi) is 8.43. The molecule has 10 aromatic carbocycles. The van der Waals surface area contributed by atoms with Crippen molar-refractivity contribution >= 4 is 97.2 Å². The summed E-state index contributed by atoms with van der Waals surface area (Å²) in [7, 11) is 0. The van der Waals surface area contributed by atoms with Crippen LogP contribution in [0.2, 0.25) is 0 Å². The molecular formula is C63H36N4O2S. The summed E-state index contributed by atoms with van der Waals surface area (Å²) in [5.74, 6) is 1.72. The summed E-state index contributed by atoms with van der Waals surface area (Å²) in [6.07, 6.45) is 0. The second-order valence-electron chi connectivity index (χ2n) is 17.8. The zero-order valence-electron chi connectivity index (χ0n) is 37.3. The first-order chi connectivity index (χ1) is 34.7. The fourth-order valence-corrected chi connectivity index (χ4v) is 11.9. The highest BCUT2D eigenvalue weighted by Gasteiger charge is 2.22. The van der Waals surface area contributed by atoms with Crippen molar-refractivity contribution in [1.29, 1.82) is 0 Å². The number of para-hydroxylation sites is 3. The molecule has 6 nitrogen and oxygen atoms in total. The second kappa shape index (κ2) is 15.2. The zero-order chi connectivity index (χ0) is 45.9. The normalized spacial score (nSPS) is 12.0. The van der Waals surface area contributed by atoms with Crippen molar-refractivity contribution in [1.82, 2.24) is 19.5 Å². The fraction of sp³-hybridized carbons (Fsp3) is 0. The Bertz CT molecular complexity index is 4620. The summed E-state index contributed by atoms with van der Waals surface area (Å²) in [6, 6.07) is 76.9. The van der Waals surface area contributed by atoms with E-state index in [1.165, 1.54) is 36.6 Å². The highest BCUT2D eigenvalue weighted by Crippen LogP contribution is 2.44. The van der Waals surface area contributed by atoms with Crippen LogP contribution in [-0.4, -0.2) is 19.5 Å². The van der Waals surface area contributed by atoms with Crippen molar-refractivity contribution in [3.63, 3.8) is 0 Å². The number of hydrogen-bond donors (Lipinski definition) is 0. The molecule has 0 N–H and O–H groups in total. The molecule has 0 saturated carbocycles. The Morgan fingerprint density at radius 2 is 0.871 bits per heavy atom. The molecular weight excluding hydrogens is 877 g/mol. The maximum atomic E-state index is 6.67. The lowest BCUT2D eigenvalue weighted by atomic mass is 9.92. The van der Waals surface area contributed by atoms with E-state index in [0.29, 0.717) is 17.5 Å². The van der Waals surface area contributed by atoms with Crippen LogP contribution in [0.4, 0.5) is 0 Å². The van der Waals surface area contributed by atoms with Gasteiger partial charge < -0.3 is 13.4 Å². The van der Waals surface area contributed by atoms with E-state index in [1.54, 1.807) is 11.3 Å². The maximum Gasteiger partial charge on any atom is 0.164 e. The molecule has 326 valence electrons. The molecule has 7 heteroatoms. The fourth-order valence-electron chi connectivity index (χ4n) is 10.7. The van der Waals surface area contributed by atoms with Gasteiger partial charge in [0.2, 0.25) is 0 Å². The molecule has 0 fully saturated rings. The highest BCUT2D eigenvalue weighted by molar-refractivity contribution is 7.25. The van der Waals surface area contributed by atoms with Crippen LogP contribution in [0.3, 0.4) is 0 Å². The van der Waals surface area contributed by atoms with Gasteiger partial charge in [-0.3, -0.25) is 0 Å². The van der Waals surface area contributed by atoms with Gasteiger partial charge in [0.15, 0.2) is 17.5 Å². The van der Waals surface area contributed by atoms with Gasteiger partial charge in [-0.25, -0.2) is 15.0 Å². The van der Waals surface area contributed by atoms with Crippen LogP contribution >= 0.6 is 11.3 Å². The van der Waals surface area contributed by atoms with Gasteiger partial charge in [0, 0.05) is 74.9 Å². The number of nitrogens with zero attached hydrogens (tertiary/aromatic N) is 4. The van der Waals surface area contributed by atoms with E-state index in [1.807, 2.05) is 30.3 Å². The Morgan fingerprint density at radius 3 is 1.71 bits per heavy atom. The molecule has 0 spiro atoms. The quantitative estimate of drug-likeness (QED) is 0.166. The molecule has 0 atom stereocenters. The van der Waals surface area contributed by atoms with Gasteiger partial charge in [0.25, 0.3) is 0 Å². The summed E-state index contributed by atoms with van der Waals surface area (Å²) in [4.78, 5) is 16.0. The topological polar surface area (TPSA) is 69.9 Å². The average Bonchev–Trinajstić information content (AvgIpc) is 4.19. The van der Waals surface area contributed by atoms with Crippen LogP contribution < -0.4 is 0 Å². The predicted octanol–water partition coefficient (Wildman–Crippen LogP) is 17.5. The Hall–Kier alpha value is -9.17. The van der Waals surface area contributed by atoms with Crippen LogP contribution in [0.5, 0.6) is 0 Å². The number of benzene rings is 10. The third kappa shape index (κ3) is 5.95. The molecule has 5 aromatic heterocycles. The van der Waals surface area contributed by atoms with Crippen molar-refractivity contribution in [2.24, 2.45) is 0 Å². The van der Waals surface area contributed by atoms with Crippen LogP contribution in [0.25, 0.3) is 148 Å². The SMILES string of the molecule is c1ccc(-n2c3ccccc3c3cc(-c4ccccc4-c4ccc5oc6cccc(-c7nc(-c8ccc9c(c8)oc8ccccc89)nc(-c8cccc9sc%10ccccc%10c89)n7)c6c5c4)ccc32)cc1. The van der Waals surface area contributed by atoms with Crippen molar-refractivity contribution in [2.45, 2.75) is 0 Å². The smallest absolute Gasteiger partial charge is 0.164 e. The lowest BCUT2D eigenvalue weighted by Crippen LogP contribution is -2.00. The first kappa shape index (κ1) is 38.9. The molecule has 0 aliphatic heterocycles. The van der Waals surface area contributed by atoms with Gasteiger partial charge in [-0.2, -0.15) is 0 Å². The Balaban J connectivity index is 0.915. The van der Waals surface area contributed by atoms with E-state index < -0.39 is 0 Å². The maximum absolute atomic E-state index is 6.67. The molecule has 5 heterocycles. The molecule has 0 radical (unpaired) electrons. The van der Waals surface area contributed by atoms with Gasteiger partial charge in [-0.05, 0) is 101 Å². The zero-order valence-corrected chi connectivity index (χ0v) is 38.1. The summed E-state index contributed by atoms with van der Waals surface area (Å²) < 4.78 is 17.8. The third-order valence-electron chi connectivity index (χ3n) is 13.9. The average molecular weight is 913 g/mol. The summed E-state index contributed by atoms with van der Waals surface area (Å²) in [5.41, 5.74) is 13.8. The highest BCUT2D eigenvalue weighted by atomic mass is 32.1. The minimum atomic E-state index is 0.558. The molecule has 0 saturated heterocycles. The summed E-state index contributed by atoms with van der Waals surface area (Å²) in [5, 5.41) is 8.80. The lowest BCUT2D eigenvalue weighted by Gasteiger charge is -2.12. The van der Waals surface area contributed by atoms with E-state index in [2.05, 4.69) is 193 Å². The minimum absolute atomic E-state index is 0.558. The van der Waals surface area contributed by atoms with E-state index in [4.69, 9.17) is 23.8 Å². The minimum Gasteiger partial charge on any atom is -0.456 e. The van der Waals surface area contributed by atoms with Crippen molar-refractivity contribution in [3.8, 4) is 62.1 Å². The summed E-state index contributed by atoms with van der Waals surface area (Å²) in [6.45, 7) is 0. The third-order valence-corrected chi connectivity index (χ3v) is 15.0. The molecule has 70 heavy (non-hydrogen) atoms. The van der Waals surface area contributed by atoms with Crippen LogP contribution in [-0.2, 0) is 0 Å². The summed E-state index contributed by atoms with van der Waals surface area (Å²) >= 11 is 1.78. The predicted molar refractivity (Wildman–Crippen MR) is 289 cm³/mol. The van der Waals surface area contributed by atoms with E-state index in [0.717, 1.165) is 93.9 Å². The van der Waals surface area contributed by atoms with Gasteiger partial charge >= 0.3 is 0 Å². The molecule has 0 unspecified atom stereocenters. The standard InChI is InChI=1S/C63H36N4O2S/c1-2-14-40(15-3-1)67-51-23-9-6-18-43(51)49-34-37(29-32-52(49)67)41-16-4-5-17-42(41)38-30-33-54-50(35-38)59-47(21-12-25-55(59)68-54)62-64-61(39-28-31-45-44-19-7-10-24-53(44)69-56(45)36-39)65-63(66-62)48-22-13-27-58-60(48)46-20-8-11-26-57(46)70-58/h1-36H. The first-order valence-electron chi connectivity index (χ1n) is 23.4. The van der Waals surface area contributed by atoms with E-state index >= 15 is 0 Å². The molecule has 0 bridgehead atoms. The van der Waals surface area contributed by atoms with Crippen LogP contribution in [0.15, 0.2) is 227 Å². The van der Waals surface area contributed by atoms with Gasteiger partial charge in [0.1, 0.15) is 22.3 Å². The van der Waals surface area contributed by atoms with Crippen molar-refractivity contribution in [3.05, 3.63) is 218 Å². The lowest BCUT2D eigenvalue weighted by molar-refractivity contribution is 0.668. The van der Waals surface area contributed by atoms with E-state index in [-0.39, 0.29) is 0 Å². The number of aromatic nitrogens is 4. The Morgan fingerprint density at radius 1 is 0.314 bits per heavy atom. The molecule has 0 amide bonds. The monoisotopic (exact) mass is 912 g/mol. The number of furan rings is 2. The number of fused-ring (bicyclic) bond motifs is 12. The first-order valence-corrected chi connectivity index (χ1v) is 24.2. The second-order valence-corrected chi connectivity index (χ2v) is 18.9. The molecule has 15 rings (SSSR count). The van der Waals surface area contributed by atoms with E-state index in [9.17, 15) is 0 Å². The number of rotatable bonds is 6. The number of hydrogen-bond acceptors (Lipinski definition) is 6. The van der Waals surface area contributed by atoms with Gasteiger partial charge in [0.05, 0.1) is 11.0 Å². The largest absolute Gasteiger partial charge is 0.456 e. The molecule has 0 aliphatic rings. The van der Waals surface area contributed by atoms with Crippen molar-refractivity contribution < 1.29 is 8.83 Å². The van der Waals surface area contributed by atoms with Gasteiger partial charge in [-0.1, -0.05) is 140 Å². The van der Waals surface area contributed by atoms with Gasteiger partial charge in [-0.15, -0.1) is 11.3 Å². The Labute approximate surface area is 404 Å². The van der Waals surface area contributed by atoms with Crippen LogP contribution in [0, 0.1) is 0 Å². The molecule has 15 aromatic rings. The van der Waals surface area contributed by atoms with Crippen molar-refractivity contribution in [2.75, 3.05) is 0 Å². The number of thiophene rings is 1. The van der Waals surface area contributed by atoms with Crippen LogP contribution in [0.1, 0.15) is 0 Å². The molecule has 0 aliphatic carbocycles.